The number of benzene rings is 2. The van der Waals surface area contributed by atoms with Crippen LogP contribution < -0.4 is 14.2 Å². The third kappa shape index (κ3) is 4.19. The van der Waals surface area contributed by atoms with Crippen LogP contribution >= 0.6 is 0 Å². The standard InChI is InChI=1S/C21H19N3O4/c1-13-6-16(10-22)7-14(2)21(13)28-20-9-19(23-12-24-20)27-17-5-4-15(11-25)8-18(17)26-3/h4-9,12,25H,11H2,1-3H3. The molecule has 1 heterocycles. The van der Waals surface area contributed by atoms with Crippen LogP contribution in [-0.2, 0) is 6.61 Å². The summed E-state index contributed by atoms with van der Waals surface area (Å²) in [6.45, 7) is 3.65. The predicted molar refractivity (Wildman–Crippen MR) is 102 cm³/mol. The molecule has 0 aliphatic heterocycles. The molecule has 7 heteroatoms. The van der Waals surface area contributed by atoms with Crippen LogP contribution in [0.5, 0.6) is 29.0 Å². The summed E-state index contributed by atoms with van der Waals surface area (Å²) in [5.74, 6) is 2.16. The third-order valence-corrected chi connectivity index (χ3v) is 4.04. The van der Waals surface area contributed by atoms with Gasteiger partial charge in [-0.25, -0.2) is 9.97 Å². The molecule has 0 amide bonds. The van der Waals surface area contributed by atoms with E-state index in [4.69, 9.17) is 19.5 Å². The molecule has 0 saturated heterocycles. The lowest BCUT2D eigenvalue weighted by atomic mass is 10.1. The largest absolute Gasteiger partial charge is 0.493 e. The van der Waals surface area contributed by atoms with Crippen LogP contribution in [0.4, 0.5) is 0 Å². The molecule has 1 N–H and O–H groups in total. The zero-order valence-corrected chi connectivity index (χ0v) is 15.8. The number of methoxy groups -OCH3 is 1. The van der Waals surface area contributed by atoms with E-state index in [0.29, 0.717) is 34.3 Å². The lowest BCUT2D eigenvalue weighted by Gasteiger charge is -2.13. The van der Waals surface area contributed by atoms with Crippen molar-refractivity contribution in [2.75, 3.05) is 7.11 Å². The summed E-state index contributed by atoms with van der Waals surface area (Å²) in [4.78, 5) is 8.23. The molecule has 7 nitrogen and oxygen atoms in total. The second kappa shape index (κ2) is 8.37. The van der Waals surface area contributed by atoms with Gasteiger partial charge in [-0.15, -0.1) is 0 Å². The maximum absolute atomic E-state index is 9.24. The van der Waals surface area contributed by atoms with E-state index in [-0.39, 0.29) is 12.5 Å². The Labute approximate surface area is 162 Å². The smallest absolute Gasteiger partial charge is 0.226 e. The number of ether oxygens (including phenoxy) is 3. The Balaban J connectivity index is 1.85. The minimum atomic E-state index is -0.0918. The van der Waals surface area contributed by atoms with Gasteiger partial charge in [-0.1, -0.05) is 6.07 Å². The van der Waals surface area contributed by atoms with Crippen molar-refractivity contribution in [1.29, 1.82) is 5.26 Å². The molecule has 142 valence electrons. The van der Waals surface area contributed by atoms with Crippen LogP contribution in [0, 0.1) is 25.2 Å². The summed E-state index contributed by atoms with van der Waals surface area (Å²) < 4.78 is 17.0. The first-order valence-electron chi connectivity index (χ1n) is 8.51. The van der Waals surface area contributed by atoms with Crippen molar-refractivity contribution in [2.24, 2.45) is 0 Å². The molecule has 1 aromatic heterocycles. The van der Waals surface area contributed by atoms with Gasteiger partial charge in [0.05, 0.1) is 31.4 Å². The van der Waals surface area contributed by atoms with Crippen LogP contribution in [0.3, 0.4) is 0 Å². The molecule has 28 heavy (non-hydrogen) atoms. The van der Waals surface area contributed by atoms with E-state index in [0.717, 1.165) is 11.1 Å². The highest BCUT2D eigenvalue weighted by atomic mass is 16.5. The Bertz CT molecular complexity index is 1020. The maximum Gasteiger partial charge on any atom is 0.226 e. The maximum atomic E-state index is 9.24. The van der Waals surface area contributed by atoms with E-state index < -0.39 is 0 Å². The van der Waals surface area contributed by atoms with Crippen LogP contribution in [0.25, 0.3) is 0 Å². The highest BCUT2D eigenvalue weighted by Gasteiger charge is 2.12. The van der Waals surface area contributed by atoms with E-state index >= 15 is 0 Å². The van der Waals surface area contributed by atoms with Crippen LogP contribution in [0.15, 0.2) is 42.7 Å². The number of hydrogen-bond donors (Lipinski definition) is 1. The molecule has 2 aromatic carbocycles. The van der Waals surface area contributed by atoms with E-state index in [2.05, 4.69) is 16.0 Å². The van der Waals surface area contributed by atoms with Gasteiger partial charge in [-0.3, -0.25) is 0 Å². The molecular weight excluding hydrogens is 358 g/mol. The van der Waals surface area contributed by atoms with Gasteiger partial charge >= 0.3 is 0 Å². The first kappa shape index (κ1) is 19.1. The van der Waals surface area contributed by atoms with Crippen molar-refractivity contribution in [3.05, 3.63) is 65.0 Å². The van der Waals surface area contributed by atoms with Crippen molar-refractivity contribution >= 4 is 0 Å². The molecule has 0 saturated carbocycles. The van der Waals surface area contributed by atoms with Crippen molar-refractivity contribution in [3.8, 4) is 35.1 Å². The molecule has 0 spiro atoms. The highest BCUT2D eigenvalue weighted by Crippen LogP contribution is 2.34. The molecule has 0 fully saturated rings. The van der Waals surface area contributed by atoms with Crippen molar-refractivity contribution in [2.45, 2.75) is 20.5 Å². The number of rotatable bonds is 6. The first-order valence-corrected chi connectivity index (χ1v) is 8.51. The fourth-order valence-electron chi connectivity index (χ4n) is 2.72. The SMILES string of the molecule is COc1cc(CO)ccc1Oc1cc(Oc2c(C)cc(C#N)cc2C)ncn1. The molecule has 0 unspecified atom stereocenters. The summed E-state index contributed by atoms with van der Waals surface area (Å²) >= 11 is 0. The van der Waals surface area contributed by atoms with Gasteiger partial charge in [0.25, 0.3) is 0 Å². The van der Waals surface area contributed by atoms with E-state index in [9.17, 15) is 5.11 Å². The van der Waals surface area contributed by atoms with Gasteiger partial charge in [0, 0.05) is 0 Å². The Morgan fingerprint density at radius 3 is 2.25 bits per heavy atom. The average Bonchev–Trinajstić information content (AvgIpc) is 2.71. The second-order valence-electron chi connectivity index (χ2n) is 6.09. The van der Waals surface area contributed by atoms with E-state index in [1.807, 2.05) is 13.8 Å². The second-order valence-corrected chi connectivity index (χ2v) is 6.09. The highest BCUT2D eigenvalue weighted by molar-refractivity contribution is 5.49. The molecule has 0 atom stereocenters. The number of hydrogen-bond acceptors (Lipinski definition) is 7. The van der Waals surface area contributed by atoms with Crippen LogP contribution in [0.2, 0.25) is 0 Å². The average molecular weight is 377 g/mol. The van der Waals surface area contributed by atoms with Gasteiger partial charge in [-0.05, 0) is 54.8 Å². The van der Waals surface area contributed by atoms with Crippen LogP contribution in [-0.4, -0.2) is 22.2 Å². The fraction of sp³-hybridized carbons (Fsp3) is 0.190. The quantitative estimate of drug-likeness (QED) is 0.692. The number of nitrogens with zero attached hydrogens (tertiary/aromatic N) is 3. The van der Waals surface area contributed by atoms with Crippen molar-refractivity contribution < 1.29 is 19.3 Å². The normalized spacial score (nSPS) is 10.2. The minimum absolute atomic E-state index is 0.0918. The van der Waals surface area contributed by atoms with Gasteiger partial charge in [0.15, 0.2) is 11.5 Å². The lowest BCUT2D eigenvalue weighted by molar-refractivity contribution is 0.280. The molecule has 0 aliphatic carbocycles. The monoisotopic (exact) mass is 377 g/mol. The first-order chi connectivity index (χ1) is 13.5. The summed E-state index contributed by atoms with van der Waals surface area (Å²) in [7, 11) is 1.52. The Kier molecular flexibility index (Phi) is 5.72. The van der Waals surface area contributed by atoms with Gasteiger partial charge in [0.1, 0.15) is 12.1 Å². The van der Waals surface area contributed by atoms with E-state index in [1.54, 1.807) is 36.4 Å². The van der Waals surface area contributed by atoms with Gasteiger partial charge < -0.3 is 19.3 Å². The number of nitriles is 1. The zero-order chi connectivity index (χ0) is 20.1. The molecular formula is C21H19N3O4. The summed E-state index contributed by atoms with van der Waals surface area (Å²) in [6.07, 6.45) is 1.34. The van der Waals surface area contributed by atoms with Crippen LogP contribution in [0.1, 0.15) is 22.3 Å². The van der Waals surface area contributed by atoms with E-state index in [1.165, 1.54) is 13.4 Å². The van der Waals surface area contributed by atoms with Crippen molar-refractivity contribution in [3.63, 3.8) is 0 Å². The fourth-order valence-corrected chi connectivity index (χ4v) is 2.72. The predicted octanol–water partition coefficient (Wildman–Crippen LogP) is 4.05. The molecule has 3 rings (SSSR count). The third-order valence-electron chi connectivity index (χ3n) is 4.04. The molecule has 0 bridgehead atoms. The van der Waals surface area contributed by atoms with Crippen molar-refractivity contribution in [1.82, 2.24) is 9.97 Å². The topological polar surface area (TPSA) is 97.5 Å². The zero-order valence-electron chi connectivity index (χ0n) is 15.8. The van der Waals surface area contributed by atoms with Gasteiger partial charge in [0.2, 0.25) is 11.8 Å². The molecule has 0 radical (unpaired) electrons. The Morgan fingerprint density at radius 2 is 1.64 bits per heavy atom. The molecule has 3 aromatic rings. The summed E-state index contributed by atoms with van der Waals surface area (Å²) in [6, 6.07) is 12.3. The Morgan fingerprint density at radius 1 is 0.964 bits per heavy atom. The number of aliphatic hydroxyl groups is 1. The number of aliphatic hydroxyl groups excluding tert-OH is 1. The Hall–Kier alpha value is -3.63. The lowest BCUT2D eigenvalue weighted by Crippen LogP contribution is -1.97. The summed E-state index contributed by atoms with van der Waals surface area (Å²) in [5, 5.41) is 18.3. The molecule has 0 aliphatic rings. The summed E-state index contributed by atoms with van der Waals surface area (Å²) in [5.41, 5.74) is 2.95. The minimum Gasteiger partial charge on any atom is -0.493 e. The number of aromatic nitrogens is 2. The number of aryl methyl sites for hydroxylation is 2. The van der Waals surface area contributed by atoms with Gasteiger partial charge in [-0.2, -0.15) is 5.26 Å².